The normalized spacial score (nSPS) is 18.9. The monoisotopic (exact) mass is 293 g/mol. The van der Waals surface area contributed by atoms with E-state index in [1.165, 1.54) is 0 Å². The lowest BCUT2D eigenvalue weighted by molar-refractivity contribution is -0.159. The minimum atomic E-state index is -0.545. The van der Waals surface area contributed by atoms with Crippen LogP contribution in [-0.4, -0.2) is 35.0 Å². The highest BCUT2D eigenvalue weighted by Gasteiger charge is 2.38. The molecule has 1 amide bonds. The Hall–Kier alpha value is -1.78. The van der Waals surface area contributed by atoms with E-state index in [1.807, 2.05) is 20.8 Å². The number of ether oxygens (including phenoxy) is 1. The maximum Gasteiger partial charge on any atom is 0.329 e. The number of furan rings is 1. The molecule has 1 saturated heterocycles. The number of hydrogen-bond donors (Lipinski definition) is 0. The standard InChI is InChI=1S/C16H23NO4/c1-10-9-12(11(2)20-10)14(18)17-8-6-7-13(17)15(19)21-16(3,4)5/h9,13H,6-8H2,1-5H3/t13-/m0/s1. The van der Waals surface area contributed by atoms with Gasteiger partial charge in [-0.2, -0.15) is 0 Å². The van der Waals surface area contributed by atoms with E-state index in [9.17, 15) is 9.59 Å². The van der Waals surface area contributed by atoms with Gasteiger partial charge in [0.1, 0.15) is 23.2 Å². The van der Waals surface area contributed by atoms with Crippen molar-refractivity contribution in [1.29, 1.82) is 0 Å². The summed E-state index contributed by atoms with van der Waals surface area (Å²) in [5.41, 5.74) is -0.0146. The lowest BCUT2D eigenvalue weighted by Crippen LogP contribution is -2.43. The molecule has 1 aliphatic rings. The predicted molar refractivity (Wildman–Crippen MR) is 78.1 cm³/mol. The zero-order valence-electron chi connectivity index (χ0n) is 13.4. The maximum atomic E-state index is 12.6. The number of nitrogens with zero attached hydrogens (tertiary/aromatic N) is 1. The van der Waals surface area contributed by atoms with E-state index in [0.29, 0.717) is 30.0 Å². The Labute approximate surface area is 125 Å². The van der Waals surface area contributed by atoms with Gasteiger partial charge in [0.25, 0.3) is 5.91 Å². The summed E-state index contributed by atoms with van der Waals surface area (Å²) in [6, 6.07) is 1.23. The van der Waals surface area contributed by atoms with Crippen molar-refractivity contribution in [2.24, 2.45) is 0 Å². The summed E-state index contributed by atoms with van der Waals surface area (Å²) in [6.45, 7) is 9.63. The van der Waals surface area contributed by atoms with Crippen molar-refractivity contribution < 1.29 is 18.7 Å². The van der Waals surface area contributed by atoms with Crippen molar-refractivity contribution in [2.75, 3.05) is 6.54 Å². The second-order valence-corrected chi connectivity index (χ2v) is 6.52. The van der Waals surface area contributed by atoms with Crippen LogP contribution in [-0.2, 0) is 9.53 Å². The SMILES string of the molecule is Cc1cc(C(=O)N2CCC[C@H]2C(=O)OC(C)(C)C)c(C)o1. The van der Waals surface area contributed by atoms with Gasteiger partial charge in [-0.05, 0) is 53.5 Å². The van der Waals surface area contributed by atoms with Crippen molar-refractivity contribution in [3.8, 4) is 0 Å². The minimum absolute atomic E-state index is 0.155. The van der Waals surface area contributed by atoms with E-state index in [0.717, 1.165) is 6.42 Å². The third kappa shape index (κ3) is 3.46. The molecule has 2 heterocycles. The van der Waals surface area contributed by atoms with E-state index < -0.39 is 11.6 Å². The second-order valence-electron chi connectivity index (χ2n) is 6.52. The molecular formula is C16H23NO4. The highest BCUT2D eigenvalue weighted by molar-refractivity contribution is 5.98. The van der Waals surface area contributed by atoms with Crippen LogP contribution in [0.4, 0.5) is 0 Å². The molecule has 1 aliphatic heterocycles. The average Bonchev–Trinajstić information content (AvgIpc) is 2.92. The lowest BCUT2D eigenvalue weighted by Gasteiger charge is -2.27. The highest BCUT2D eigenvalue weighted by Crippen LogP contribution is 2.25. The molecule has 1 aromatic heterocycles. The molecule has 1 atom stereocenters. The van der Waals surface area contributed by atoms with Crippen LogP contribution in [0, 0.1) is 13.8 Å². The number of hydrogen-bond acceptors (Lipinski definition) is 4. The smallest absolute Gasteiger partial charge is 0.329 e. The zero-order chi connectivity index (χ0) is 15.8. The molecule has 1 fully saturated rings. The number of amides is 1. The summed E-state index contributed by atoms with van der Waals surface area (Å²) in [7, 11) is 0. The van der Waals surface area contributed by atoms with Gasteiger partial charge in [-0.25, -0.2) is 4.79 Å². The van der Waals surface area contributed by atoms with Gasteiger partial charge in [0.05, 0.1) is 5.56 Å². The topological polar surface area (TPSA) is 59.8 Å². The summed E-state index contributed by atoms with van der Waals surface area (Å²) in [5, 5.41) is 0. The molecule has 1 aromatic rings. The Kier molecular flexibility index (Phi) is 4.12. The number of aryl methyl sites for hydroxylation is 2. The van der Waals surface area contributed by atoms with Crippen molar-refractivity contribution in [2.45, 2.75) is 59.1 Å². The molecule has 21 heavy (non-hydrogen) atoms. The molecule has 0 aromatic carbocycles. The fourth-order valence-electron chi connectivity index (χ4n) is 2.62. The van der Waals surface area contributed by atoms with Crippen LogP contribution in [0.15, 0.2) is 10.5 Å². The quantitative estimate of drug-likeness (QED) is 0.787. The molecule has 5 heteroatoms. The minimum Gasteiger partial charge on any atom is -0.466 e. The first-order valence-corrected chi connectivity index (χ1v) is 7.30. The molecule has 0 aliphatic carbocycles. The summed E-state index contributed by atoms with van der Waals surface area (Å²) < 4.78 is 10.8. The van der Waals surface area contributed by atoms with E-state index in [-0.39, 0.29) is 11.9 Å². The largest absolute Gasteiger partial charge is 0.466 e. The predicted octanol–water partition coefficient (Wildman–Crippen LogP) is 2.84. The van der Waals surface area contributed by atoms with Gasteiger partial charge in [0, 0.05) is 6.54 Å². The second kappa shape index (κ2) is 5.54. The molecule has 0 saturated carbocycles. The first-order valence-electron chi connectivity index (χ1n) is 7.30. The molecule has 0 radical (unpaired) electrons. The zero-order valence-corrected chi connectivity index (χ0v) is 13.4. The van der Waals surface area contributed by atoms with Crippen LogP contribution in [0.5, 0.6) is 0 Å². The van der Waals surface area contributed by atoms with Crippen LogP contribution >= 0.6 is 0 Å². The van der Waals surface area contributed by atoms with Gasteiger partial charge in [-0.15, -0.1) is 0 Å². The summed E-state index contributed by atoms with van der Waals surface area (Å²) in [4.78, 5) is 26.5. The van der Waals surface area contributed by atoms with Gasteiger partial charge in [-0.1, -0.05) is 0 Å². The van der Waals surface area contributed by atoms with Crippen molar-refractivity contribution in [1.82, 2.24) is 4.90 Å². The number of carbonyl (C=O) groups is 2. The van der Waals surface area contributed by atoms with E-state index >= 15 is 0 Å². The third-order valence-corrected chi connectivity index (χ3v) is 3.46. The van der Waals surface area contributed by atoms with Gasteiger partial charge in [0.2, 0.25) is 0 Å². The Bertz CT molecular complexity index is 553. The number of carbonyl (C=O) groups excluding carboxylic acids is 2. The van der Waals surface area contributed by atoms with Gasteiger partial charge in [-0.3, -0.25) is 4.79 Å². The van der Waals surface area contributed by atoms with E-state index in [4.69, 9.17) is 9.15 Å². The molecule has 5 nitrogen and oxygen atoms in total. The van der Waals surface area contributed by atoms with Gasteiger partial charge >= 0.3 is 5.97 Å². The molecule has 0 N–H and O–H groups in total. The van der Waals surface area contributed by atoms with E-state index in [1.54, 1.807) is 24.8 Å². The summed E-state index contributed by atoms with van der Waals surface area (Å²) in [5.74, 6) is 0.806. The Balaban J connectivity index is 2.17. The van der Waals surface area contributed by atoms with Crippen LogP contribution in [0.1, 0.15) is 55.5 Å². The highest BCUT2D eigenvalue weighted by atomic mass is 16.6. The van der Waals surface area contributed by atoms with Crippen LogP contribution in [0.3, 0.4) is 0 Å². The fraction of sp³-hybridized carbons (Fsp3) is 0.625. The van der Waals surface area contributed by atoms with E-state index in [2.05, 4.69) is 0 Å². The first-order chi connectivity index (χ1) is 9.69. The first kappa shape index (κ1) is 15.6. The molecule has 0 spiro atoms. The summed E-state index contributed by atoms with van der Waals surface area (Å²) in [6.07, 6.45) is 1.46. The molecule has 2 rings (SSSR count). The summed E-state index contributed by atoms with van der Waals surface area (Å²) >= 11 is 0. The number of likely N-dealkylation sites (tertiary alicyclic amines) is 1. The van der Waals surface area contributed by atoms with Gasteiger partial charge < -0.3 is 14.1 Å². The number of esters is 1. The lowest BCUT2D eigenvalue weighted by atomic mass is 10.1. The van der Waals surface area contributed by atoms with Crippen molar-refractivity contribution >= 4 is 11.9 Å². The average molecular weight is 293 g/mol. The number of rotatable bonds is 2. The maximum absolute atomic E-state index is 12.6. The molecule has 0 bridgehead atoms. The molecule has 116 valence electrons. The molecule has 0 unspecified atom stereocenters. The third-order valence-electron chi connectivity index (χ3n) is 3.46. The fourth-order valence-corrected chi connectivity index (χ4v) is 2.62. The van der Waals surface area contributed by atoms with Gasteiger partial charge in [0.15, 0.2) is 0 Å². The van der Waals surface area contributed by atoms with Crippen LogP contribution in [0.2, 0.25) is 0 Å². The van der Waals surface area contributed by atoms with Crippen LogP contribution in [0.25, 0.3) is 0 Å². The Morgan fingerprint density at radius 1 is 1.33 bits per heavy atom. The van der Waals surface area contributed by atoms with Crippen molar-refractivity contribution in [3.63, 3.8) is 0 Å². The Morgan fingerprint density at radius 3 is 2.52 bits per heavy atom. The van der Waals surface area contributed by atoms with Crippen LogP contribution < -0.4 is 0 Å². The Morgan fingerprint density at radius 2 is 2.00 bits per heavy atom. The molecular weight excluding hydrogens is 270 g/mol. The van der Waals surface area contributed by atoms with Crippen molar-refractivity contribution in [3.05, 3.63) is 23.2 Å².